The Bertz CT molecular complexity index is 525. The van der Waals surface area contributed by atoms with Gasteiger partial charge in [-0.3, -0.25) is 0 Å². The van der Waals surface area contributed by atoms with Gasteiger partial charge in [0.2, 0.25) is 0 Å². The third-order valence-corrected chi connectivity index (χ3v) is 5.52. The predicted molar refractivity (Wildman–Crippen MR) is 83.8 cm³/mol. The number of aliphatic hydroxyl groups is 1. The van der Waals surface area contributed by atoms with Crippen LogP contribution >= 0.6 is 34.9 Å². The van der Waals surface area contributed by atoms with Crippen molar-refractivity contribution in [1.82, 2.24) is 10.2 Å². The van der Waals surface area contributed by atoms with Crippen molar-refractivity contribution in [3.05, 3.63) is 42.0 Å². The first-order chi connectivity index (χ1) is 9.31. The van der Waals surface area contributed by atoms with Crippen LogP contribution < -0.4 is 0 Å². The van der Waals surface area contributed by atoms with Gasteiger partial charge in [-0.25, -0.2) is 0 Å². The van der Waals surface area contributed by atoms with Crippen molar-refractivity contribution in [2.45, 2.75) is 14.4 Å². The molecule has 0 atom stereocenters. The molecule has 0 saturated carbocycles. The fraction of sp³-hybridized carbons (Fsp3) is 0.231. The second-order valence-electron chi connectivity index (χ2n) is 3.64. The molecule has 0 amide bonds. The van der Waals surface area contributed by atoms with Gasteiger partial charge in [-0.1, -0.05) is 71.8 Å². The topological polar surface area (TPSA) is 46.0 Å². The lowest BCUT2D eigenvalue weighted by molar-refractivity contribution is 0.322. The van der Waals surface area contributed by atoms with Crippen LogP contribution in [-0.4, -0.2) is 27.7 Å². The van der Waals surface area contributed by atoms with Gasteiger partial charge in [-0.2, -0.15) is 0 Å². The fourth-order valence-corrected chi connectivity index (χ4v) is 4.13. The number of nitrogens with zero attached hydrogens (tertiary/aromatic N) is 2. The summed E-state index contributed by atoms with van der Waals surface area (Å²) in [4.78, 5) is 0. The Labute approximate surface area is 125 Å². The molecule has 1 aromatic carbocycles. The van der Waals surface area contributed by atoms with Gasteiger partial charge in [0, 0.05) is 11.5 Å². The number of aromatic nitrogens is 2. The number of aliphatic hydroxyl groups excluding tert-OH is 1. The summed E-state index contributed by atoms with van der Waals surface area (Å²) in [5.41, 5.74) is 2.39. The Hall–Kier alpha value is -0.820. The van der Waals surface area contributed by atoms with Crippen molar-refractivity contribution in [2.24, 2.45) is 0 Å². The maximum absolute atomic E-state index is 8.75. The first kappa shape index (κ1) is 14.6. The smallest absolute Gasteiger partial charge is 0.175 e. The van der Waals surface area contributed by atoms with Gasteiger partial charge in [0.05, 0.1) is 6.61 Å². The maximum atomic E-state index is 8.75. The van der Waals surface area contributed by atoms with Crippen LogP contribution in [0.3, 0.4) is 0 Å². The van der Waals surface area contributed by atoms with Crippen LogP contribution in [0.2, 0.25) is 0 Å². The van der Waals surface area contributed by atoms with Crippen LogP contribution in [-0.2, 0) is 5.75 Å². The highest BCUT2D eigenvalue weighted by Gasteiger charge is 2.05. The molecule has 6 heteroatoms. The summed E-state index contributed by atoms with van der Waals surface area (Å²) in [6.07, 6.45) is 1.84. The van der Waals surface area contributed by atoms with Crippen LogP contribution in [0.4, 0.5) is 0 Å². The van der Waals surface area contributed by atoms with E-state index < -0.39 is 0 Å². The average molecular weight is 310 g/mol. The van der Waals surface area contributed by atoms with E-state index in [9.17, 15) is 0 Å². The van der Waals surface area contributed by atoms with Crippen molar-refractivity contribution in [3.8, 4) is 0 Å². The molecule has 3 nitrogen and oxygen atoms in total. The standard InChI is InChI=1S/C13H14N2OS3/c1-2-10-3-5-11(6-4-10)9-18-13-15-14-12(19-13)17-8-7-16/h2-6,16H,1,7-9H2. The average Bonchev–Trinajstić information content (AvgIpc) is 2.91. The molecule has 1 N–H and O–H groups in total. The number of hydrogen-bond acceptors (Lipinski definition) is 6. The van der Waals surface area contributed by atoms with E-state index in [0.29, 0.717) is 5.75 Å². The Morgan fingerprint density at radius 3 is 2.47 bits per heavy atom. The minimum Gasteiger partial charge on any atom is -0.396 e. The lowest BCUT2D eigenvalue weighted by Crippen LogP contribution is -1.84. The van der Waals surface area contributed by atoms with Crippen LogP contribution in [0.5, 0.6) is 0 Å². The zero-order valence-corrected chi connectivity index (χ0v) is 12.7. The molecule has 0 bridgehead atoms. The molecule has 0 aliphatic rings. The summed E-state index contributed by atoms with van der Waals surface area (Å²) in [5.74, 6) is 1.55. The molecule has 2 aromatic rings. The van der Waals surface area contributed by atoms with E-state index >= 15 is 0 Å². The fourth-order valence-electron chi connectivity index (χ4n) is 1.34. The Morgan fingerprint density at radius 2 is 1.84 bits per heavy atom. The SMILES string of the molecule is C=Cc1ccc(CSc2nnc(SCCO)s2)cc1. The van der Waals surface area contributed by atoms with E-state index in [-0.39, 0.29) is 6.61 Å². The summed E-state index contributed by atoms with van der Waals surface area (Å²) in [6.45, 7) is 3.91. The third kappa shape index (κ3) is 4.65. The lowest BCUT2D eigenvalue weighted by Gasteiger charge is -1.99. The molecular weight excluding hydrogens is 296 g/mol. The first-order valence-electron chi connectivity index (χ1n) is 5.73. The minimum atomic E-state index is 0.169. The largest absolute Gasteiger partial charge is 0.396 e. The zero-order chi connectivity index (χ0) is 13.5. The summed E-state index contributed by atoms with van der Waals surface area (Å²) in [7, 11) is 0. The molecule has 0 spiro atoms. The Kier molecular flexibility index (Phi) is 5.91. The van der Waals surface area contributed by atoms with Crippen LogP contribution in [0, 0.1) is 0 Å². The van der Waals surface area contributed by atoms with Gasteiger partial charge in [-0.15, -0.1) is 10.2 Å². The van der Waals surface area contributed by atoms with Gasteiger partial charge >= 0.3 is 0 Å². The Balaban J connectivity index is 1.87. The molecule has 1 heterocycles. The van der Waals surface area contributed by atoms with Crippen molar-refractivity contribution in [3.63, 3.8) is 0 Å². The molecule has 19 heavy (non-hydrogen) atoms. The van der Waals surface area contributed by atoms with Crippen LogP contribution in [0.1, 0.15) is 11.1 Å². The molecule has 0 aliphatic carbocycles. The monoisotopic (exact) mass is 310 g/mol. The molecule has 0 aliphatic heterocycles. The van der Waals surface area contributed by atoms with E-state index in [4.69, 9.17) is 5.11 Å². The van der Waals surface area contributed by atoms with Crippen molar-refractivity contribution in [1.29, 1.82) is 0 Å². The van der Waals surface area contributed by atoms with E-state index in [0.717, 1.165) is 20.0 Å². The van der Waals surface area contributed by atoms with E-state index in [1.807, 2.05) is 6.08 Å². The number of thioether (sulfide) groups is 2. The van der Waals surface area contributed by atoms with E-state index in [1.165, 1.54) is 17.3 Å². The highest BCUT2D eigenvalue weighted by molar-refractivity contribution is 8.02. The van der Waals surface area contributed by atoms with Crippen molar-refractivity contribution >= 4 is 40.9 Å². The van der Waals surface area contributed by atoms with E-state index in [1.54, 1.807) is 23.1 Å². The summed E-state index contributed by atoms with van der Waals surface area (Å²) in [6, 6.07) is 8.33. The highest BCUT2D eigenvalue weighted by atomic mass is 32.2. The first-order valence-corrected chi connectivity index (χ1v) is 8.52. The lowest BCUT2D eigenvalue weighted by atomic mass is 10.1. The summed E-state index contributed by atoms with van der Waals surface area (Å²) in [5, 5.41) is 17.0. The molecule has 0 fully saturated rings. The van der Waals surface area contributed by atoms with Gasteiger partial charge in [0.15, 0.2) is 8.68 Å². The second-order valence-corrected chi connectivity index (χ2v) is 7.18. The van der Waals surface area contributed by atoms with Gasteiger partial charge in [-0.05, 0) is 11.1 Å². The zero-order valence-electron chi connectivity index (χ0n) is 10.3. The molecule has 100 valence electrons. The minimum absolute atomic E-state index is 0.169. The molecule has 2 rings (SSSR count). The molecule has 0 unspecified atom stereocenters. The van der Waals surface area contributed by atoms with Gasteiger partial charge in [0.25, 0.3) is 0 Å². The Morgan fingerprint density at radius 1 is 1.16 bits per heavy atom. The summed E-state index contributed by atoms with van der Waals surface area (Å²) < 4.78 is 1.88. The molecular formula is C13H14N2OS3. The van der Waals surface area contributed by atoms with Crippen molar-refractivity contribution in [2.75, 3.05) is 12.4 Å². The van der Waals surface area contributed by atoms with Crippen LogP contribution in [0.15, 0.2) is 39.5 Å². The normalized spacial score (nSPS) is 10.6. The predicted octanol–water partition coefficient (Wildman–Crippen LogP) is 3.56. The number of hydrogen-bond donors (Lipinski definition) is 1. The number of benzene rings is 1. The van der Waals surface area contributed by atoms with Gasteiger partial charge in [0.1, 0.15) is 0 Å². The quantitative estimate of drug-likeness (QED) is 0.792. The highest BCUT2D eigenvalue weighted by Crippen LogP contribution is 2.30. The van der Waals surface area contributed by atoms with Gasteiger partial charge < -0.3 is 5.11 Å². The van der Waals surface area contributed by atoms with E-state index in [2.05, 4.69) is 41.0 Å². The van der Waals surface area contributed by atoms with Crippen molar-refractivity contribution < 1.29 is 5.11 Å². The maximum Gasteiger partial charge on any atom is 0.175 e. The van der Waals surface area contributed by atoms with Crippen LogP contribution in [0.25, 0.3) is 6.08 Å². The molecule has 1 aromatic heterocycles. The third-order valence-electron chi connectivity index (χ3n) is 2.28. The number of rotatable bonds is 7. The molecule has 0 radical (unpaired) electrons. The summed E-state index contributed by atoms with van der Waals surface area (Å²) >= 11 is 4.80. The second kappa shape index (κ2) is 7.69. The molecule has 0 saturated heterocycles.